The lowest BCUT2D eigenvalue weighted by atomic mass is 10.2. The molecule has 1 rings (SSSR count). The largest absolute Gasteiger partial charge is 0.0832 e. The minimum Gasteiger partial charge on any atom is -0.0832 e. The lowest BCUT2D eigenvalue weighted by Gasteiger charge is -2.03. The molecule has 0 spiro atoms. The number of halogens is 2. The normalized spacial score (nSPS) is 19.8. The van der Waals surface area contributed by atoms with Gasteiger partial charge in [0, 0.05) is 8.96 Å². The summed E-state index contributed by atoms with van der Waals surface area (Å²) in [6.07, 6.45) is 6.41. The molecule has 0 saturated heterocycles. The molecule has 0 nitrogen and oxygen atoms in total. The minimum absolute atomic E-state index is 1.04. The van der Waals surface area contributed by atoms with Crippen LogP contribution in [0.15, 0.2) is 21.1 Å². The van der Waals surface area contributed by atoms with Crippen molar-refractivity contribution in [3.05, 3.63) is 21.1 Å². The molecule has 0 radical (unpaired) electrons. The molecule has 0 saturated carbocycles. The van der Waals surface area contributed by atoms with Gasteiger partial charge in [-0.05, 0) is 12.8 Å². The fourth-order valence-corrected chi connectivity index (χ4v) is 1.29. The van der Waals surface area contributed by atoms with Gasteiger partial charge in [-0.1, -0.05) is 44.0 Å². The van der Waals surface area contributed by atoms with E-state index in [4.69, 9.17) is 0 Å². The average molecular weight is 238 g/mol. The first-order valence-electron chi connectivity index (χ1n) is 2.48. The molecule has 1 aliphatic carbocycles. The zero-order valence-corrected chi connectivity index (χ0v) is 7.50. The Kier molecular flexibility index (Phi) is 2.32. The third kappa shape index (κ3) is 1.46. The van der Waals surface area contributed by atoms with Crippen LogP contribution in [0.3, 0.4) is 0 Å². The smallest absolute Gasteiger partial charge is 0.00926 e. The average Bonchev–Trinajstić information content (AvgIpc) is 1.77. The second-order valence-corrected chi connectivity index (χ2v) is 3.60. The molecular formula is C6H6Br2. The van der Waals surface area contributed by atoms with Crippen LogP contribution in [0, 0.1) is 0 Å². The fourth-order valence-electron chi connectivity index (χ4n) is 0.595. The van der Waals surface area contributed by atoms with Gasteiger partial charge in [-0.25, -0.2) is 0 Å². The third-order valence-corrected chi connectivity index (χ3v) is 3.19. The Hall–Kier alpha value is 0.440. The monoisotopic (exact) mass is 236 g/mol. The summed E-state index contributed by atoms with van der Waals surface area (Å²) in [6, 6.07) is 0. The van der Waals surface area contributed by atoms with E-state index in [0.717, 1.165) is 12.8 Å². The summed E-state index contributed by atoms with van der Waals surface area (Å²) in [7, 11) is 0. The number of allylic oxidation sites excluding steroid dienone is 4. The molecule has 0 unspecified atom stereocenters. The van der Waals surface area contributed by atoms with Crippen molar-refractivity contribution in [2.45, 2.75) is 12.8 Å². The van der Waals surface area contributed by atoms with Crippen molar-refractivity contribution < 1.29 is 0 Å². The quantitative estimate of drug-likeness (QED) is 0.567. The SMILES string of the molecule is BrC1=C(Br)CC=CC1. The first kappa shape index (κ1) is 6.56. The molecular weight excluding hydrogens is 232 g/mol. The van der Waals surface area contributed by atoms with E-state index in [1.165, 1.54) is 8.96 Å². The van der Waals surface area contributed by atoms with Crippen LogP contribution in [-0.4, -0.2) is 0 Å². The molecule has 1 aliphatic rings. The summed E-state index contributed by atoms with van der Waals surface area (Å²) in [6.45, 7) is 0. The van der Waals surface area contributed by atoms with Gasteiger partial charge in [0.25, 0.3) is 0 Å². The Morgan fingerprint density at radius 3 is 1.62 bits per heavy atom. The molecule has 44 valence electrons. The van der Waals surface area contributed by atoms with Gasteiger partial charge >= 0.3 is 0 Å². The summed E-state index contributed by atoms with van der Waals surface area (Å²) in [5, 5.41) is 0. The summed E-state index contributed by atoms with van der Waals surface area (Å²) in [5.74, 6) is 0. The maximum Gasteiger partial charge on any atom is 0.00926 e. The van der Waals surface area contributed by atoms with E-state index in [-0.39, 0.29) is 0 Å². The van der Waals surface area contributed by atoms with Crippen molar-refractivity contribution in [2.75, 3.05) is 0 Å². The number of hydrogen-bond donors (Lipinski definition) is 0. The number of rotatable bonds is 0. The van der Waals surface area contributed by atoms with Gasteiger partial charge in [-0.3, -0.25) is 0 Å². The van der Waals surface area contributed by atoms with Gasteiger partial charge in [0.05, 0.1) is 0 Å². The van der Waals surface area contributed by atoms with Crippen molar-refractivity contribution in [3.63, 3.8) is 0 Å². The van der Waals surface area contributed by atoms with Crippen LogP contribution in [0.4, 0.5) is 0 Å². The van der Waals surface area contributed by atoms with E-state index in [1.807, 2.05) is 0 Å². The Labute approximate surface area is 65.9 Å². The van der Waals surface area contributed by atoms with E-state index in [0.29, 0.717) is 0 Å². The van der Waals surface area contributed by atoms with Gasteiger partial charge < -0.3 is 0 Å². The van der Waals surface area contributed by atoms with E-state index < -0.39 is 0 Å². The van der Waals surface area contributed by atoms with Crippen LogP contribution in [0.1, 0.15) is 12.8 Å². The van der Waals surface area contributed by atoms with Gasteiger partial charge in [-0.15, -0.1) is 0 Å². The maximum atomic E-state index is 3.44. The van der Waals surface area contributed by atoms with E-state index >= 15 is 0 Å². The fraction of sp³-hybridized carbons (Fsp3) is 0.333. The molecule has 0 fully saturated rings. The van der Waals surface area contributed by atoms with Gasteiger partial charge in [-0.2, -0.15) is 0 Å². The van der Waals surface area contributed by atoms with Crippen molar-refractivity contribution in [1.29, 1.82) is 0 Å². The predicted molar refractivity (Wildman–Crippen MR) is 43.3 cm³/mol. The third-order valence-electron chi connectivity index (χ3n) is 1.06. The molecule has 0 aromatic carbocycles. The zero-order chi connectivity index (χ0) is 5.98. The Morgan fingerprint density at radius 1 is 1.00 bits per heavy atom. The van der Waals surface area contributed by atoms with E-state index in [1.54, 1.807) is 0 Å². The van der Waals surface area contributed by atoms with Crippen LogP contribution in [0.5, 0.6) is 0 Å². The van der Waals surface area contributed by atoms with Gasteiger partial charge in [0.2, 0.25) is 0 Å². The maximum absolute atomic E-state index is 3.44. The molecule has 0 heterocycles. The van der Waals surface area contributed by atoms with E-state index in [2.05, 4.69) is 44.0 Å². The van der Waals surface area contributed by atoms with Crippen LogP contribution in [0.2, 0.25) is 0 Å². The number of hydrogen-bond acceptors (Lipinski definition) is 0. The molecule has 0 aromatic rings. The van der Waals surface area contributed by atoms with Gasteiger partial charge in [0.15, 0.2) is 0 Å². The van der Waals surface area contributed by atoms with Crippen molar-refractivity contribution >= 4 is 31.9 Å². The highest BCUT2D eigenvalue weighted by molar-refractivity contribution is 9.14. The summed E-state index contributed by atoms with van der Waals surface area (Å²) in [5.41, 5.74) is 0. The molecule has 0 aliphatic heterocycles. The summed E-state index contributed by atoms with van der Waals surface area (Å²) >= 11 is 6.87. The minimum atomic E-state index is 1.04. The Bertz CT molecular complexity index is 129. The van der Waals surface area contributed by atoms with Crippen molar-refractivity contribution in [3.8, 4) is 0 Å². The van der Waals surface area contributed by atoms with Crippen LogP contribution >= 0.6 is 31.9 Å². The first-order chi connectivity index (χ1) is 3.80. The Morgan fingerprint density at radius 2 is 1.38 bits per heavy atom. The molecule has 2 heteroatoms. The standard InChI is InChI=1S/C6H6Br2/c7-5-3-1-2-4-6(5)8/h1-2H,3-4H2. The molecule has 0 N–H and O–H groups in total. The zero-order valence-electron chi connectivity index (χ0n) is 4.32. The highest BCUT2D eigenvalue weighted by Gasteiger charge is 2.00. The molecule has 0 amide bonds. The molecule has 0 aromatic heterocycles. The van der Waals surface area contributed by atoms with Crippen LogP contribution in [-0.2, 0) is 0 Å². The first-order valence-corrected chi connectivity index (χ1v) is 4.07. The summed E-state index contributed by atoms with van der Waals surface area (Å²) < 4.78 is 2.56. The topological polar surface area (TPSA) is 0 Å². The lowest BCUT2D eigenvalue weighted by Crippen LogP contribution is -1.80. The van der Waals surface area contributed by atoms with Gasteiger partial charge in [0.1, 0.15) is 0 Å². The molecule has 0 bridgehead atoms. The predicted octanol–water partition coefficient (Wildman–Crippen LogP) is 3.34. The van der Waals surface area contributed by atoms with Crippen LogP contribution in [0.25, 0.3) is 0 Å². The highest BCUT2D eigenvalue weighted by Crippen LogP contribution is 2.27. The Balaban J connectivity index is 2.67. The lowest BCUT2D eigenvalue weighted by molar-refractivity contribution is 1.20. The second-order valence-electron chi connectivity index (χ2n) is 1.69. The van der Waals surface area contributed by atoms with Crippen LogP contribution < -0.4 is 0 Å². The molecule has 8 heavy (non-hydrogen) atoms. The molecule has 0 atom stereocenters. The van der Waals surface area contributed by atoms with E-state index in [9.17, 15) is 0 Å². The highest BCUT2D eigenvalue weighted by atomic mass is 79.9. The van der Waals surface area contributed by atoms with Crippen molar-refractivity contribution in [2.24, 2.45) is 0 Å². The summed E-state index contributed by atoms with van der Waals surface area (Å²) in [4.78, 5) is 0. The van der Waals surface area contributed by atoms with Crippen molar-refractivity contribution in [1.82, 2.24) is 0 Å². The second kappa shape index (κ2) is 2.83.